The maximum absolute atomic E-state index is 10.7. The van der Waals surface area contributed by atoms with E-state index in [1.807, 2.05) is 42.7 Å². The third kappa shape index (κ3) is 10.6. The van der Waals surface area contributed by atoms with Crippen molar-refractivity contribution in [2.75, 3.05) is 0 Å². The molecule has 0 spiro atoms. The molecule has 0 unspecified atom stereocenters. The predicted molar refractivity (Wildman–Crippen MR) is 70.5 cm³/mol. The fourth-order valence-electron chi connectivity index (χ4n) is 1.43. The van der Waals surface area contributed by atoms with E-state index in [9.17, 15) is 25.2 Å². The molecule has 0 N–H and O–H groups in total. The van der Waals surface area contributed by atoms with Crippen LogP contribution in [0, 0.1) is 11.3 Å². The number of nitrogens with zero attached hydrogens (tertiary/aromatic N) is 2. The topological polar surface area (TPSA) is 27.7 Å². The Kier molecular flexibility index (Phi) is 4.54. The molecule has 0 aliphatic carbocycles. The van der Waals surface area contributed by atoms with Gasteiger partial charge in [-0.15, -0.1) is 0 Å². The molecule has 0 amide bonds. The molecule has 0 aliphatic heterocycles. The molecular formula is C13H11F6N2P. The number of nitriles is 1. The molecule has 0 aliphatic rings. The first-order valence-electron chi connectivity index (χ1n) is 5.83. The van der Waals surface area contributed by atoms with Gasteiger partial charge in [0.1, 0.15) is 0 Å². The van der Waals surface area contributed by atoms with Crippen molar-refractivity contribution >= 4 is 7.81 Å². The molecule has 2 rings (SSSR count). The average molecular weight is 340 g/mol. The minimum atomic E-state index is -10.7. The van der Waals surface area contributed by atoms with Crippen LogP contribution in [0.25, 0.3) is 0 Å². The second-order valence-corrected chi connectivity index (χ2v) is 6.23. The number of hydrogen-bond acceptors (Lipinski definition) is 1. The smallest absolute Gasteiger partial charge is 0.173 e. The number of aromatic nitrogens is 1. The molecule has 1 aromatic carbocycles. The number of hydrogen-bond donors (Lipinski definition) is 0. The molecule has 9 heteroatoms. The fourth-order valence-corrected chi connectivity index (χ4v) is 1.43. The van der Waals surface area contributed by atoms with E-state index in [1.54, 1.807) is 0 Å². The number of benzene rings is 1. The van der Waals surface area contributed by atoms with Gasteiger partial charge in [0.15, 0.2) is 18.9 Å². The zero-order valence-corrected chi connectivity index (χ0v) is 11.9. The summed E-state index contributed by atoms with van der Waals surface area (Å²) in [6, 6.07) is 16.0. The van der Waals surface area contributed by atoms with E-state index >= 15 is 0 Å². The van der Waals surface area contributed by atoms with Crippen molar-refractivity contribution in [3.8, 4) is 6.07 Å². The molecule has 0 saturated heterocycles. The Morgan fingerprint density at radius 2 is 1.32 bits per heavy atom. The Morgan fingerprint density at radius 1 is 0.864 bits per heavy atom. The molecule has 0 fully saturated rings. The zero-order valence-electron chi connectivity index (χ0n) is 11.0. The van der Waals surface area contributed by atoms with Crippen LogP contribution >= 0.6 is 7.81 Å². The molecule has 22 heavy (non-hydrogen) atoms. The molecule has 0 atom stereocenters. The van der Waals surface area contributed by atoms with Crippen molar-refractivity contribution in [1.29, 1.82) is 5.26 Å². The Bertz CT molecular complexity index is 648. The second-order valence-electron chi connectivity index (χ2n) is 4.31. The summed E-state index contributed by atoms with van der Waals surface area (Å²) in [7, 11) is -10.7. The summed E-state index contributed by atoms with van der Waals surface area (Å²) >= 11 is 0. The largest absolute Gasteiger partial charge is 0.201 e. The maximum atomic E-state index is 9.87. The molecule has 1 aromatic heterocycles. The van der Waals surface area contributed by atoms with Crippen molar-refractivity contribution in [3.63, 3.8) is 0 Å². The van der Waals surface area contributed by atoms with Gasteiger partial charge in [0.2, 0.25) is 0 Å². The van der Waals surface area contributed by atoms with E-state index in [-0.39, 0.29) is 0 Å². The Labute approximate surface area is 122 Å². The van der Waals surface area contributed by atoms with Gasteiger partial charge in [0.05, 0.1) is 11.6 Å². The first-order chi connectivity index (χ1) is 9.83. The molecule has 120 valence electrons. The van der Waals surface area contributed by atoms with Gasteiger partial charge in [-0.1, -0.05) is 30.3 Å². The summed E-state index contributed by atoms with van der Waals surface area (Å²) in [6.07, 6.45) is 3.84. The zero-order chi connectivity index (χ0) is 16.9. The Hall–Kier alpha value is -2.13. The van der Waals surface area contributed by atoms with Gasteiger partial charge in [0.25, 0.3) is 0 Å². The van der Waals surface area contributed by atoms with Gasteiger partial charge in [-0.25, -0.2) is 4.57 Å². The number of halogens is 6. The predicted octanol–water partition coefficient (Wildman–Crippen LogP) is 5.28. The van der Waals surface area contributed by atoms with Gasteiger partial charge in [0, 0.05) is 17.7 Å². The SMILES string of the molecule is F[P-](F)(F)(F)(F)F.N#Cc1cc[n+](Cc2ccccc2)cc1. The van der Waals surface area contributed by atoms with Crippen molar-refractivity contribution in [2.45, 2.75) is 6.54 Å². The van der Waals surface area contributed by atoms with Gasteiger partial charge in [-0.05, 0) is 0 Å². The molecule has 1 heterocycles. The molecule has 0 radical (unpaired) electrons. The maximum Gasteiger partial charge on any atom is 0.173 e. The van der Waals surface area contributed by atoms with Crippen LogP contribution in [0.2, 0.25) is 0 Å². The van der Waals surface area contributed by atoms with E-state index < -0.39 is 7.81 Å². The minimum absolute atomic E-state index is 0.694. The van der Waals surface area contributed by atoms with Crippen LogP contribution in [0.15, 0.2) is 54.9 Å². The van der Waals surface area contributed by atoms with Gasteiger partial charge >= 0.3 is 33.0 Å². The molecule has 0 saturated carbocycles. The van der Waals surface area contributed by atoms with Crippen LogP contribution in [0.3, 0.4) is 0 Å². The first-order valence-corrected chi connectivity index (χ1v) is 7.86. The number of pyridine rings is 1. The quantitative estimate of drug-likeness (QED) is 0.415. The monoisotopic (exact) mass is 340 g/mol. The fraction of sp³-hybridized carbons (Fsp3) is 0.0769. The normalized spacial score (nSPS) is 13.9. The molecule has 2 nitrogen and oxygen atoms in total. The van der Waals surface area contributed by atoms with Crippen molar-refractivity contribution in [3.05, 3.63) is 66.0 Å². The Morgan fingerprint density at radius 3 is 1.73 bits per heavy atom. The first kappa shape index (κ1) is 17.9. The molecular weight excluding hydrogens is 329 g/mol. The van der Waals surface area contributed by atoms with E-state index in [2.05, 4.69) is 22.8 Å². The summed E-state index contributed by atoms with van der Waals surface area (Å²) in [6.45, 7) is 0.840. The Balaban J connectivity index is 0.000000295. The third-order valence-electron chi connectivity index (χ3n) is 2.23. The van der Waals surface area contributed by atoms with Crippen LogP contribution in [0.5, 0.6) is 0 Å². The minimum Gasteiger partial charge on any atom is -0.201 e. The van der Waals surface area contributed by atoms with Crippen LogP contribution in [-0.4, -0.2) is 0 Å². The summed E-state index contributed by atoms with van der Waals surface area (Å²) in [5, 5.41) is 8.66. The standard InChI is InChI=1S/C13H11N2.F6P/c14-10-12-6-8-15(9-7-12)11-13-4-2-1-3-5-13;1-7(2,3,4,5)6/h1-9H,11H2;/q+1;-1. The van der Waals surface area contributed by atoms with Crippen molar-refractivity contribution in [2.24, 2.45) is 0 Å². The summed E-state index contributed by atoms with van der Waals surface area (Å²) in [5.41, 5.74) is 1.95. The van der Waals surface area contributed by atoms with Crippen LogP contribution < -0.4 is 4.57 Å². The van der Waals surface area contributed by atoms with Crippen LogP contribution in [-0.2, 0) is 6.54 Å². The van der Waals surface area contributed by atoms with E-state index in [1.165, 1.54) is 5.56 Å². The average Bonchev–Trinajstić information content (AvgIpc) is 2.37. The summed E-state index contributed by atoms with van der Waals surface area (Å²) in [5.74, 6) is 0. The second kappa shape index (κ2) is 5.58. The van der Waals surface area contributed by atoms with E-state index in [4.69, 9.17) is 5.26 Å². The van der Waals surface area contributed by atoms with Crippen molar-refractivity contribution < 1.29 is 29.7 Å². The summed E-state index contributed by atoms with van der Waals surface area (Å²) in [4.78, 5) is 0. The van der Waals surface area contributed by atoms with Gasteiger partial charge < -0.3 is 0 Å². The van der Waals surface area contributed by atoms with Crippen LogP contribution in [0.4, 0.5) is 25.2 Å². The number of rotatable bonds is 2. The van der Waals surface area contributed by atoms with Gasteiger partial charge in [-0.2, -0.15) is 5.26 Å². The van der Waals surface area contributed by atoms with E-state index in [0.29, 0.717) is 5.56 Å². The van der Waals surface area contributed by atoms with E-state index in [0.717, 1.165) is 6.54 Å². The van der Waals surface area contributed by atoms with Crippen molar-refractivity contribution in [1.82, 2.24) is 0 Å². The van der Waals surface area contributed by atoms with Crippen LogP contribution in [0.1, 0.15) is 11.1 Å². The third-order valence-corrected chi connectivity index (χ3v) is 2.23. The molecule has 2 aromatic rings. The van der Waals surface area contributed by atoms with Gasteiger partial charge in [-0.3, -0.25) is 0 Å². The summed E-state index contributed by atoms with van der Waals surface area (Å²) < 4.78 is 61.2. The molecule has 0 bridgehead atoms.